The number of esters is 1. The van der Waals surface area contributed by atoms with Crippen molar-refractivity contribution in [1.29, 1.82) is 0 Å². The number of benzene rings is 6. The van der Waals surface area contributed by atoms with Crippen LogP contribution < -0.4 is 20.4 Å². The van der Waals surface area contributed by atoms with E-state index in [0.29, 0.717) is 88.6 Å². The number of oxime groups is 1. The summed E-state index contributed by atoms with van der Waals surface area (Å²) < 4.78 is 60.5. The summed E-state index contributed by atoms with van der Waals surface area (Å²) in [5, 5.41) is 9.96. The van der Waals surface area contributed by atoms with Gasteiger partial charge in [-0.3, -0.25) is 24.2 Å². The molecule has 0 saturated carbocycles. The number of thiazole rings is 1. The summed E-state index contributed by atoms with van der Waals surface area (Å²) >= 11 is 10.2. The highest BCUT2D eigenvalue weighted by molar-refractivity contribution is 7.99. The van der Waals surface area contributed by atoms with Crippen molar-refractivity contribution in [3.8, 4) is 0 Å². The van der Waals surface area contributed by atoms with Crippen LogP contribution in [0, 0.1) is 52.4 Å². The van der Waals surface area contributed by atoms with Gasteiger partial charge >= 0.3 is 18.2 Å². The van der Waals surface area contributed by atoms with Crippen LogP contribution in [0.4, 0.5) is 21.0 Å². The Morgan fingerprint density at radius 2 is 0.935 bits per heavy atom. The zero-order valence-corrected chi connectivity index (χ0v) is 89.6. The maximum atomic E-state index is 13.2. The van der Waals surface area contributed by atoms with Crippen molar-refractivity contribution in [3.05, 3.63) is 228 Å². The van der Waals surface area contributed by atoms with E-state index in [1.165, 1.54) is 71.7 Å². The number of morpholine rings is 4. The molecule has 5 heterocycles. The van der Waals surface area contributed by atoms with E-state index in [4.69, 9.17) is 64.4 Å². The molecule has 139 heavy (non-hydrogen) atoms. The van der Waals surface area contributed by atoms with Crippen molar-refractivity contribution >= 4 is 110 Å². The van der Waals surface area contributed by atoms with Crippen LogP contribution in [-0.2, 0) is 74.6 Å². The van der Waals surface area contributed by atoms with Gasteiger partial charge < -0.3 is 82.4 Å². The summed E-state index contributed by atoms with van der Waals surface area (Å²) in [6.07, 6.45) is 11.0. The van der Waals surface area contributed by atoms with E-state index in [2.05, 4.69) is 215 Å². The number of thioether (sulfide) groups is 2. The van der Waals surface area contributed by atoms with Gasteiger partial charge in [0, 0.05) is 109 Å². The van der Waals surface area contributed by atoms with Gasteiger partial charge in [-0.15, -0.1) is 48.0 Å². The lowest BCUT2D eigenvalue weighted by Gasteiger charge is -2.41. The topological polar surface area (TPSA) is 278 Å². The molecule has 0 radical (unpaired) electrons. The van der Waals surface area contributed by atoms with Crippen molar-refractivity contribution in [2.45, 2.75) is 215 Å². The number of allylic oxidation sites excluding steroid dienone is 4. The zero-order valence-electron chi connectivity index (χ0n) is 86.4. The lowest BCUT2D eigenvalue weighted by molar-refractivity contribution is -0.145. The number of nitrogens with zero attached hydrogens (tertiary/aromatic N) is 5. The van der Waals surface area contributed by atoms with Crippen molar-refractivity contribution in [3.63, 3.8) is 0 Å². The summed E-state index contributed by atoms with van der Waals surface area (Å²) in [7, 11) is 1.34. The predicted molar refractivity (Wildman–Crippen MR) is 568 cm³/mol. The fourth-order valence-corrected chi connectivity index (χ4v) is 18.5. The molecule has 4 aliphatic rings. The number of ether oxygens (including phenoxy) is 11. The summed E-state index contributed by atoms with van der Waals surface area (Å²) in [6.45, 7) is 63.3. The normalized spacial score (nSPS) is 14.0. The molecule has 0 spiro atoms. The molecule has 764 valence electrons. The first-order chi connectivity index (χ1) is 66.3. The molecule has 1 aromatic heterocycles. The number of carbonyl (C=O) groups excluding carboxylic acids is 6. The van der Waals surface area contributed by atoms with E-state index in [0.717, 1.165) is 165 Å². The van der Waals surface area contributed by atoms with E-state index in [1.54, 1.807) is 73.0 Å². The van der Waals surface area contributed by atoms with Crippen LogP contribution in [0.2, 0.25) is 0 Å². The molecule has 6 aromatic carbocycles. The van der Waals surface area contributed by atoms with Crippen LogP contribution in [0.5, 0.6) is 0 Å². The Kier molecular flexibility index (Phi) is 53.3. The van der Waals surface area contributed by atoms with Gasteiger partial charge in [0.2, 0.25) is 18.2 Å². The predicted octanol–water partition coefficient (Wildman–Crippen LogP) is 22.0. The molecule has 4 saturated heterocycles. The van der Waals surface area contributed by atoms with Gasteiger partial charge in [0.15, 0.2) is 29.4 Å². The smallest absolute Gasteiger partial charge is 0.407 e. The first-order valence-electron chi connectivity index (χ1n) is 48.2. The van der Waals surface area contributed by atoms with E-state index < -0.39 is 41.4 Å². The molecule has 0 unspecified atom stereocenters. The fourth-order valence-electron chi connectivity index (χ4n) is 15.6. The number of aryl methyl sites for hydroxylation is 8. The molecule has 7 aromatic rings. The van der Waals surface area contributed by atoms with Crippen molar-refractivity contribution < 1.29 is 85.7 Å². The van der Waals surface area contributed by atoms with Gasteiger partial charge in [-0.1, -0.05) is 74.3 Å². The Morgan fingerprint density at radius 3 is 1.34 bits per heavy atom. The number of fused-ring (bicyclic) bond motifs is 1. The minimum absolute atomic E-state index is 0.00371. The standard InChI is InChI=1S/C30H52N2O8.C22H24N2O4.C20H30N2O4S.C19H29NO2S.C9H9NS2.C9H12/c1-23(2)13-15-27(16-14-24(3)4)39-29(33)31-17-11-9-10-12-18-32-30(34)40-28(19-35-21-37-25(5)6)20-36-22-38-26(7)8;25-21(17-1-5-19(6-2-17)23-9-13-27-14-10-23)22(26)18-3-7-20(8-4-18)24-11-15-28-16-12-24;1-14-11-16(12-15(2)18(14)27-6)19(21-26-13-17(23)24-5)20(3,4)22-7-9-25-10-8-22;1-6-14-12-16(13-15(7-2)17(14)23-5)18(21)19(3,4)20-8-10-22-11-9-20;1-5-3-7-8(4-6(5)2)12-9(11)10-7;1-7-5-4-6-8(2)9(7)3/h27-28H,1,3,5,7,9-22H2,2,4,6,8H3,(H,31,33)(H,32,34);1-8H,9-16H2;11-12H,7-10,13H2,1-6H3;12-13H,6-11H2,1-5H3;3-4H,1-2H3,(H,10,11);4-6H,1-3H3/b;;21-19-;;;. The number of hydrogen-bond acceptors (Lipinski definition) is 27. The number of Topliss-reactive ketones (excluding diaryl/α,β-unsaturated/α-hetero) is 3. The van der Waals surface area contributed by atoms with Crippen molar-refractivity contribution in [1.82, 2.24) is 25.4 Å². The first kappa shape index (κ1) is 118. The van der Waals surface area contributed by atoms with Gasteiger partial charge in [0.25, 0.3) is 0 Å². The third-order valence-electron chi connectivity index (χ3n) is 24.2. The second-order valence-corrected chi connectivity index (χ2v) is 39.4. The average molecular weight is 1990 g/mol. The summed E-state index contributed by atoms with van der Waals surface area (Å²) in [6, 6.07) is 33.7. The van der Waals surface area contributed by atoms with Gasteiger partial charge in [0.1, 0.15) is 11.8 Å². The number of unbranched alkanes of at least 4 members (excludes halogenated alkanes) is 3. The molecular weight excluding hydrogens is 1840 g/mol. The third-order valence-corrected chi connectivity index (χ3v) is 27.4. The maximum Gasteiger partial charge on any atom is 0.407 e. The number of carbonyl (C=O) groups is 6. The highest BCUT2D eigenvalue weighted by atomic mass is 32.2. The Balaban J connectivity index is 0.000000268. The number of anilines is 2. The summed E-state index contributed by atoms with van der Waals surface area (Å²) in [4.78, 5) is 94.4. The largest absolute Gasteiger partial charge is 0.473 e. The van der Waals surface area contributed by atoms with E-state index >= 15 is 0 Å². The van der Waals surface area contributed by atoms with Crippen LogP contribution in [-0.4, -0.2) is 251 Å². The average Bonchev–Trinajstić information content (AvgIpc) is 1.19. The van der Waals surface area contributed by atoms with E-state index in [9.17, 15) is 28.8 Å². The number of rotatable bonds is 43. The molecule has 0 bridgehead atoms. The minimum atomic E-state index is -0.644. The van der Waals surface area contributed by atoms with Crippen molar-refractivity contribution in [2.24, 2.45) is 5.16 Å². The minimum Gasteiger partial charge on any atom is -0.473 e. The van der Waals surface area contributed by atoms with Crippen LogP contribution in [0.3, 0.4) is 0 Å². The maximum absolute atomic E-state index is 13.2. The molecule has 4 aliphatic heterocycles. The SMILES string of the molecule is C=C(C)CCC(CCC(=C)C)OC(=O)NCCCCCCNC(=O)OC(COCOC(=C)C)COCOC(=C)C.CCc1cc(C(=O)C(C)(C)N2CCOCC2)cc(CC)c1SC.COC(=O)CO/N=C(/c1cc(C)c(SC)c(C)c1)C(C)(C)N1CCOCC1.Cc1cc2[nH]c(=S)sc2cc1C.Cc1cccc(C)c1C.O=C(C(=O)c1ccc(N2CCOCC2)cc1)c1ccc(N2CCOCC2)cc1. The highest BCUT2D eigenvalue weighted by Crippen LogP contribution is 2.34. The number of alkyl carbamates (subject to hydrolysis) is 2. The van der Waals surface area contributed by atoms with Crippen LogP contribution in [0.15, 0.2) is 167 Å². The first-order valence-corrected chi connectivity index (χ1v) is 51.8. The number of aromatic amines is 1. The number of hydrogen-bond donors (Lipinski definition) is 3. The molecule has 30 heteroatoms. The number of nitrogens with one attached hydrogen (secondary N) is 3. The monoisotopic (exact) mass is 1990 g/mol. The van der Waals surface area contributed by atoms with Crippen LogP contribution in [0.25, 0.3) is 10.2 Å². The van der Waals surface area contributed by atoms with Gasteiger partial charge in [-0.25, -0.2) is 14.4 Å². The third kappa shape index (κ3) is 41.1. The van der Waals surface area contributed by atoms with Crippen LogP contribution >= 0.6 is 47.1 Å². The lowest BCUT2D eigenvalue weighted by Crippen LogP contribution is -2.54. The fraction of sp³-hybridized carbons (Fsp3) is 0.523. The Morgan fingerprint density at radius 1 is 0.518 bits per heavy atom. The van der Waals surface area contributed by atoms with Crippen molar-refractivity contribution in [2.75, 3.05) is 181 Å². The number of aromatic nitrogens is 1. The molecule has 0 atom stereocenters. The van der Waals surface area contributed by atoms with E-state index in [1.807, 2.05) is 52.0 Å². The zero-order chi connectivity index (χ0) is 102. The van der Waals surface area contributed by atoms with Gasteiger partial charge in [-0.2, -0.15) is 0 Å². The number of H-pyrrole nitrogens is 1. The molecule has 4 fully saturated rings. The molecular formula is C109H156N8O18S4. The molecule has 0 aliphatic carbocycles. The highest BCUT2D eigenvalue weighted by Gasteiger charge is 2.38. The quantitative estimate of drug-likeness (QED) is 0.00260. The second kappa shape index (κ2) is 62.7. The number of ketones is 3. The Bertz CT molecular complexity index is 4940. The van der Waals surface area contributed by atoms with Gasteiger partial charge in [-0.05, 0) is 315 Å². The molecule has 26 nitrogen and oxygen atoms in total. The molecule has 11 rings (SSSR count). The number of amides is 2. The second-order valence-electron chi connectivity index (χ2n) is 36.0. The Hall–Kier alpha value is -9.54. The number of methoxy groups -OCH3 is 1. The molecule has 2 amide bonds. The Labute approximate surface area is 845 Å². The summed E-state index contributed by atoms with van der Waals surface area (Å²) in [5.41, 5.74) is 19.8. The van der Waals surface area contributed by atoms with Gasteiger partial charge in [0.05, 0.1) is 106 Å². The van der Waals surface area contributed by atoms with E-state index in [-0.39, 0.29) is 50.8 Å². The van der Waals surface area contributed by atoms with Crippen LogP contribution in [0.1, 0.15) is 207 Å². The molecule has 3 N–H and O–H groups in total. The lowest BCUT2D eigenvalue weighted by atomic mass is 9.88. The summed E-state index contributed by atoms with van der Waals surface area (Å²) in [5.74, 6) is -0.146.